The fourth-order valence-corrected chi connectivity index (χ4v) is 1.66. The Hall–Kier alpha value is -0.960. The molecule has 2 nitrogen and oxygen atoms in total. The summed E-state index contributed by atoms with van der Waals surface area (Å²) in [5.74, 6) is 1.64. The molecule has 1 heterocycles. The molecule has 0 radical (unpaired) electrons. The van der Waals surface area contributed by atoms with Crippen LogP contribution in [0.3, 0.4) is 0 Å². The van der Waals surface area contributed by atoms with Crippen LogP contribution in [0.4, 0.5) is 0 Å². The van der Waals surface area contributed by atoms with E-state index in [1.54, 1.807) is 0 Å². The summed E-state index contributed by atoms with van der Waals surface area (Å²) in [4.78, 5) is 0. The molecule has 0 atom stereocenters. The quantitative estimate of drug-likeness (QED) is 0.756. The van der Waals surface area contributed by atoms with Crippen molar-refractivity contribution in [3.63, 3.8) is 0 Å². The van der Waals surface area contributed by atoms with Crippen LogP contribution in [0.25, 0.3) is 5.57 Å². The van der Waals surface area contributed by atoms with Crippen molar-refractivity contribution in [3.8, 4) is 11.5 Å². The molecule has 0 saturated heterocycles. The maximum Gasteiger partial charge on any atom is 0.161 e. The zero-order chi connectivity index (χ0) is 9.97. The van der Waals surface area contributed by atoms with E-state index in [0.29, 0.717) is 13.2 Å². The van der Waals surface area contributed by atoms with E-state index in [9.17, 15) is 0 Å². The van der Waals surface area contributed by atoms with Crippen molar-refractivity contribution < 1.29 is 9.47 Å². The van der Waals surface area contributed by atoms with Gasteiger partial charge in [-0.05, 0) is 23.3 Å². The molecule has 0 N–H and O–H groups in total. The fourth-order valence-electron chi connectivity index (χ4n) is 1.34. The van der Waals surface area contributed by atoms with Crippen molar-refractivity contribution in [3.05, 3.63) is 30.3 Å². The van der Waals surface area contributed by atoms with Gasteiger partial charge in [-0.3, -0.25) is 0 Å². The van der Waals surface area contributed by atoms with Crippen molar-refractivity contribution in [2.45, 2.75) is 0 Å². The second-order valence-corrected chi connectivity index (χ2v) is 3.66. The third-order valence-corrected chi connectivity index (χ3v) is 2.79. The highest BCUT2D eigenvalue weighted by Gasteiger charge is 2.11. The number of hydrogen-bond acceptors (Lipinski definition) is 2. The van der Waals surface area contributed by atoms with E-state index in [1.165, 1.54) is 0 Å². The first-order chi connectivity index (χ1) is 6.81. The molecule has 1 aromatic carbocycles. The van der Waals surface area contributed by atoms with Crippen LogP contribution in [0, 0.1) is 0 Å². The number of rotatable bonds is 2. The number of fused-ring (bicyclic) bond motifs is 1. The van der Waals surface area contributed by atoms with Crippen molar-refractivity contribution in [1.29, 1.82) is 0 Å². The van der Waals surface area contributed by atoms with Crippen LogP contribution in [0.5, 0.6) is 11.5 Å². The first kappa shape index (κ1) is 9.59. The SMILES string of the molecule is C=C(CBr)c1ccc2c(c1)OCCO2. The van der Waals surface area contributed by atoms with E-state index < -0.39 is 0 Å². The minimum Gasteiger partial charge on any atom is -0.486 e. The highest BCUT2D eigenvalue weighted by atomic mass is 79.9. The number of alkyl halides is 1. The molecule has 0 bridgehead atoms. The third-order valence-electron chi connectivity index (χ3n) is 2.11. The van der Waals surface area contributed by atoms with E-state index in [4.69, 9.17) is 9.47 Å². The van der Waals surface area contributed by atoms with Crippen LogP contribution in [0.2, 0.25) is 0 Å². The first-order valence-corrected chi connectivity index (χ1v) is 5.57. The lowest BCUT2D eigenvalue weighted by atomic mass is 10.1. The van der Waals surface area contributed by atoms with Gasteiger partial charge in [0.25, 0.3) is 0 Å². The molecule has 0 saturated carbocycles. The van der Waals surface area contributed by atoms with Gasteiger partial charge in [0, 0.05) is 5.33 Å². The van der Waals surface area contributed by atoms with E-state index in [0.717, 1.165) is 28.0 Å². The predicted molar refractivity (Wildman–Crippen MR) is 60.3 cm³/mol. The highest BCUT2D eigenvalue weighted by Crippen LogP contribution is 2.32. The lowest BCUT2D eigenvalue weighted by molar-refractivity contribution is 0.171. The lowest BCUT2D eigenvalue weighted by Crippen LogP contribution is -2.15. The van der Waals surface area contributed by atoms with Gasteiger partial charge in [0.05, 0.1) is 0 Å². The summed E-state index contributed by atoms with van der Waals surface area (Å²) >= 11 is 3.38. The van der Waals surface area contributed by atoms with Gasteiger partial charge in [-0.1, -0.05) is 28.6 Å². The van der Waals surface area contributed by atoms with Crippen molar-refractivity contribution >= 4 is 21.5 Å². The van der Waals surface area contributed by atoms with Gasteiger partial charge in [0.1, 0.15) is 13.2 Å². The molecule has 0 amide bonds. The number of benzene rings is 1. The Balaban J connectivity index is 2.33. The molecule has 0 aliphatic carbocycles. The molecule has 14 heavy (non-hydrogen) atoms. The molecule has 1 aliphatic heterocycles. The van der Waals surface area contributed by atoms with Crippen LogP contribution < -0.4 is 9.47 Å². The van der Waals surface area contributed by atoms with Gasteiger partial charge in [0.2, 0.25) is 0 Å². The van der Waals surface area contributed by atoms with Gasteiger partial charge in [-0.15, -0.1) is 0 Å². The molecule has 0 aromatic heterocycles. The van der Waals surface area contributed by atoms with E-state index in [-0.39, 0.29) is 0 Å². The minimum atomic E-state index is 0.622. The second-order valence-electron chi connectivity index (χ2n) is 3.10. The van der Waals surface area contributed by atoms with E-state index in [1.807, 2.05) is 18.2 Å². The maximum absolute atomic E-state index is 5.48. The monoisotopic (exact) mass is 254 g/mol. The van der Waals surface area contributed by atoms with E-state index >= 15 is 0 Å². The third kappa shape index (κ3) is 1.77. The van der Waals surface area contributed by atoms with Crippen LogP contribution in [-0.2, 0) is 0 Å². The summed E-state index contributed by atoms with van der Waals surface area (Å²) in [6.07, 6.45) is 0. The second kappa shape index (κ2) is 4.05. The summed E-state index contributed by atoms with van der Waals surface area (Å²) in [7, 11) is 0. The Morgan fingerprint density at radius 2 is 2.00 bits per heavy atom. The summed E-state index contributed by atoms with van der Waals surface area (Å²) in [6.45, 7) is 5.20. The Bertz CT molecular complexity index is 360. The van der Waals surface area contributed by atoms with Gasteiger partial charge >= 0.3 is 0 Å². The number of ether oxygens (including phenoxy) is 2. The summed E-state index contributed by atoms with van der Waals surface area (Å²) in [5.41, 5.74) is 2.13. The predicted octanol–water partition coefficient (Wildman–Crippen LogP) is 2.87. The minimum absolute atomic E-state index is 0.622. The summed E-state index contributed by atoms with van der Waals surface area (Å²) < 4.78 is 10.9. The van der Waals surface area contributed by atoms with Gasteiger partial charge in [-0.2, -0.15) is 0 Å². The Kier molecular flexibility index (Phi) is 2.77. The number of allylic oxidation sites excluding steroid dienone is 1. The molecule has 0 unspecified atom stereocenters. The number of hydrogen-bond donors (Lipinski definition) is 0. The molecule has 74 valence electrons. The van der Waals surface area contributed by atoms with Crippen LogP contribution in [-0.4, -0.2) is 18.5 Å². The van der Waals surface area contributed by atoms with Crippen LogP contribution in [0.15, 0.2) is 24.8 Å². The summed E-state index contributed by atoms with van der Waals surface area (Å²) in [6, 6.07) is 5.90. The lowest BCUT2D eigenvalue weighted by Gasteiger charge is -2.19. The summed E-state index contributed by atoms with van der Waals surface area (Å²) in [5, 5.41) is 0.770. The van der Waals surface area contributed by atoms with Crippen LogP contribution in [0.1, 0.15) is 5.56 Å². The topological polar surface area (TPSA) is 18.5 Å². The van der Waals surface area contributed by atoms with Crippen LogP contribution >= 0.6 is 15.9 Å². The average Bonchev–Trinajstić information content (AvgIpc) is 2.27. The zero-order valence-electron chi connectivity index (χ0n) is 7.75. The first-order valence-electron chi connectivity index (χ1n) is 4.45. The molecule has 3 heteroatoms. The molecular weight excluding hydrogens is 244 g/mol. The highest BCUT2D eigenvalue weighted by molar-refractivity contribution is 9.09. The maximum atomic E-state index is 5.48. The largest absolute Gasteiger partial charge is 0.486 e. The molecule has 0 fully saturated rings. The molecule has 1 aromatic rings. The molecule has 1 aliphatic rings. The normalized spacial score (nSPS) is 13.8. The molecule has 2 rings (SSSR count). The van der Waals surface area contributed by atoms with Gasteiger partial charge < -0.3 is 9.47 Å². The number of halogens is 1. The smallest absolute Gasteiger partial charge is 0.161 e. The van der Waals surface area contributed by atoms with E-state index in [2.05, 4.69) is 22.5 Å². The van der Waals surface area contributed by atoms with Crippen molar-refractivity contribution in [2.24, 2.45) is 0 Å². The fraction of sp³-hybridized carbons (Fsp3) is 0.273. The van der Waals surface area contributed by atoms with Gasteiger partial charge in [0.15, 0.2) is 11.5 Å². The molecular formula is C11H11BrO2. The molecule has 0 spiro atoms. The van der Waals surface area contributed by atoms with Gasteiger partial charge in [-0.25, -0.2) is 0 Å². The average molecular weight is 255 g/mol. The zero-order valence-corrected chi connectivity index (χ0v) is 9.34. The Morgan fingerprint density at radius 3 is 2.71 bits per heavy atom. The Morgan fingerprint density at radius 1 is 1.29 bits per heavy atom. The Labute approximate surface area is 91.7 Å². The standard InChI is InChI=1S/C11H11BrO2/c1-8(7-12)9-2-3-10-11(6-9)14-5-4-13-10/h2-3,6H,1,4-5,7H2. The van der Waals surface area contributed by atoms with Crippen molar-refractivity contribution in [2.75, 3.05) is 18.5 Å². The van der Waals surface area contributed by atoms with Crippen molar-refractivity contribution in [1.82, 2.24) is 0 Å².